The number of hydrogen-bond donors (Lipinski definition) is 1. The highest BCUT2D eigenvalue weighted by Gasteiger charge is 2.27. The summed E-state index contributed by atoms with van der Waals surface area (Å²) in [5.41, 5.74) is 2.20. The predicted molar refractivity (Wildman–Crippen MR) is 117 cm³/mol. The van der Waals surface area contributed by atoms with Gasteiger partial charge in [-0.1, -0.05) is 23.7 Å². The zero-order valence-corrected chi connectivity index (χ0v) is 17.7. The molecule has 0 saturated carbocycles. The average molecular weight is 428 g/mol. The van der Waals surface area contributed by atoms with Crippen molar-refractivity contribution in [1.29, 1.82) is 0 Å². The Bertz CT molecular complexity index is 994. The molecule has 29 heavy (non-hydrogen) atoms. The minimum atomic E-state index is -0.0889. The first-order valence-electron chi connectivity index (χ1n) is 9.60. The first-order chi connectivity index (χ1) is 14.1. The third kappa shape index (κ3) is 4.92. The lowest BCUT2D eigenvalue weighted by atomic mass is 9.97. The van der Waals surface area contributed by atoms with Crippen molar-refractivity contribution in [3.05, 3.63) is 64.0 Å². The number of aryl methyl sites for hydroxylation is 1. The first kappa shape index (κ1) is 19.8. The van der Waals surface area contributed by atoms with E-state index >= 15 is 0 Å². The largest absolute Gasteiger partial charge is 0.355 e. The Labute approximate surface area is 179 Å². The minimum absolute atomic E-state index is 0.0119. The van der Waals surface area contributed by atoms with E-state index in [0.29, 0.717) is 11.7 Å². The van der Waals surface area contributed by atoms with Crippen LogP contribution in [-0.2, 0) is 11.2 Å². The average Bonchev–Trinajstić information content (AvgIpc) is 3.18. The lowest BCUT2D eigenvalue weighted by Crippen LogP contribution is -2.41. The van der Waals surface area contributed by atoms with Gasteiger partial charge in [0.05, 0.1) is 12.1 Å². The molecule has 0 aliphatic carbocycles. The van der Waals surface area contributed by atoms with Gasteiger partial charge in [0.2, 0.25) is 5.91 Å². The van der Waals surface area contributed by atoms with Crippen LogP contribution in [-0.4, -0.2) is 33.9 Å². The van der Waals surface area contributed by atoms with E-state index in [1.807, 2.05) is 25.3 Å². The molecule has 1 saturated heterocycles. The van der Waals surface area contributed by atoms with Gasteiger partial charge in [-0.05, 0) is 37.0 Å². The number of hydrogen-bond acceptors (Lipinski definition) is 6. The number of aromatic nitrogens is 3. The van der Waals surface area contributed by atoms with Crippen LogP contribution in [0.5, 0.6) is 0 Å². The monoisotopic (exact) mass is 427 g/mol. The number of nitrogens with one attached hydrogen (secondary N) is 1. The van der Waals surface area contributed by atoms with Gasteiger partial charge in [0.25, 0.3) is 0 Å². The molecule has 3 aromatic rings. The lowest BCUT2D eigenvalue weighted by Gasteiger charge is -2.32. The van der Waals surface area contributed by atoms with E-state index in [9.17, 15) is 4.79 Å². The molecule has 2 aromatic heterocycles. The summed E-state index contributed by atoms with van der Waals surface area (Å²) in [7, 11) is 0. The molecule has 3 heterocycles. The normalized spacial score (nSPS) is 16.6. The fourth-order valence-electron chi connectivity index (χ4n) is 3.46. The summed E-state index contributed by atoms with van der Waals surface area (Å²) in [6.07, 6.45) is 9.46. The molecule has 1 amide bonds. The maximum Gasteiger partial charge on any atom is 0.231 e. The summed E-state index contributed by atoms with van der Waals surface area (Å²) >= 11 is 7.72. The van der Waals surface area contributed by atoms with Crippen LogP contribution < -0.4 is 10.2 Å². The van der Waals surface area contributed by atoms with E-state index in [1.165, 1.54) is 11.3 Å². The smallest absolute Gasteiger partial charge is 0.231 e. The van der Waals surface area contributed by atoms with Crippen LogP contribution in [0.2, 0.25) is 5.02 Å². The van der Waals surface area contributed by atoms with E-state index in [-0.39, 0.29) is 11.8 Å². The number of benzene rings is 1. The summed E-state index contributed by atoms with van der Waals surface area (Å²) in [5, 5.41) is 4.40. The van der Waals surface area contributed by atoms with E-state index in [1.54, 1.807) is 18.6 Å². The first-order valence-corrected chi connectivity index (χ1v) is 10.8. The van der Waals surface area contributed by atoms with Crippen LogP contribution in [0.3, 0.4) is 0 Å². The Morgan fingerprint density at radius 3 is 3.00 bits per heavy atom. The van der Waals surface area contributed by atoms with E-state index in [4.69, 9.17) is 11.6 Å². The van der Waals surface area contributed by atoms with Crippen LogP contribution in [0, 0.1) is 12.8 Å². The molecule has 0 spiro atoms. The fourth-order valence-corrected chi connectivity index (χ4v) is 4.51. The Balaban J connectivity index is 1.36. The Kier molecular flexibility index (Phi) is 6.06. The van der Waals surface area contributed by atoms with Crippen molar-refractivity contribution in [2.24, 2.45) is 5.92 Å². The Morgan fingerprint density at radius 2 is 2.21 bits per heavy atom. The van der Waals surface area contributed by atoms with Crippen LogP contribution in [0.15, 0.2) is 43.0 Å². The van der Waals surface area contributed by atoms with Crippen LogP contribution in [0.4, 0.5) is 10.9 Å². The minimum Gasteiger partial charge on any atom is -0.355 e. The second-order valence-corrected chi connectivity index (χ2v) is 8.75. The Hall–Kier alpha value is -2.51. The quantitative estimate of drug-likeness (QED) is 0.655. The summed E-state index contributed by atoms with van der Waals surface area (Å²) in [6, 6.07) is 6.08. The molecule has 1 atom stereocenters. The second kappa shape index (κ2) is 8.88. The molecular weight excluding hydrogens is 406 g/mol. The second-order valence-electron chi connectivity index (χ2n) is 7.23. The number of carbonyl (C=O) groups is 1. The maximum absolute atomic E-state index is 12.8. The van der Waals surface area contributed by atoms with Gasteiger partial charge in [-0.3, -0.25) is 9.78 Å². The zero-order chi connectivity index (χ0) is 20.2. The SMILES string of the molecule is Cc1ccc(Cc2cnc(NC(=O)[C@H]3CCCN(c4cnccn4)C3)s2)cc1Cl. The standard InChI is InChI=1S/C21H22ClN5OS/c1-14-4-5-15(10-18(14)22)9-17-11-25-21(29-17)26-20(28)16-3-2-8-27(13-16)19-12-23-6-7-24-19/h4-7,10-12,16H,2-3,8-9,13H2,1H3,(H,25,26,28)/t16-/m0/s1. The number of anilines is 2. The van der Waals surface area contributed by atoms with Gasteiger partial charge in [-0.2, -0.15) is 0 Å². The summed E-state index contributed by atoms with van der Waals surface area (Å²) in [5.74, 6) is 0.741. The van der Waals surface area contributed by atoms with Crippen molar-refractivity contribution in [3.63, 3.8) is 0 Å². The molecule has 4 rings (SSSR count). The molecule has 1 aliphatic heterocycles. The molecular formula is C21H22ClN5OS. The summed E-state index contributed by atoms with van der Waals surface area (Å²) in [6.45, 7) is 3.52. The highest BCUT2D eigenvalue weighted by atomic mass is 35.5. The number of carbonyl (C=O) groups excluding carboxylic acids is 1. The lowest BCUT2D eigenvalue weighted by molar-refractivity contribution is -0.120. The van der Waals surface area contributed by atoms with Crippen LogP contribution in [0.1, 0.15) is 28.8 Å². The molecule has 8 heteroatoms. The molecule has 1 aliphatic rings. The summed E-state index contributed by atoms with van der Waals surface area (Å²) in [4.78, 5) is 28.8. The highest BCUT2D eigenvalue weighted by molar-refractivity contribution is 7.15. The molecule has 1 fully saturated rings. The third-order valence-corrected chi connectivity index (χ3v) is 6.38. The van der Waals surface area contributed by atoms with Crippen molar-refractivity contribution in [3.8, 4) is 0 Å². The van der Waals surface area contributed by atoms with Crippen molar-refractivity contribution >= 4 is 39.8 Å². The third-order valence-electron chi connectivity index (χ3n) is 5.06. The highest BCUT2D eigenvalue weighted by Crippen LogP contribution is 2.26. The van der Waals surface area contributed by atoms with E-state index in [2.05, 4.69) is 31.2 Å². The number of amides is 1. The van der Waals surface area contributed by atoms with E-state index < -0.39 is 0 Å². The summed E-state index contributed by atoms with van der Waals surface area (Å²) < 4.78 is 0. The van der Waals surface area contributed by atoms with Gasteiger partial charge < -0.3 is 10.2 Å². The van der Waals surface area contributed by atoms with Crippen molar-refractivity contribution in [2.45, 2.75) is 26.2 Å². The zero-order valence-electron chi connectivity index (χ0n) is 16.1. The topological polar surface area (TPSA) is 71.0 Å². The van der Waals surface area contributed by atoms with Gasteiger partial charge >= 0.3 is 0 Å². The Morgan fingerprint density at radius 1 is 1.31 bits per heavy atom. The van der Waals surface area contributed by atoms with Gasteiger partial charge in [-0.25, -0.2) is 9.97 Å². The van der Waals surface area contributed by atoms with Gasteiger partial charge in [0.15, 0.2) is 5.13 Å². The molecule has 1 N–H and O–H groups in total. The van der Waals surface area contributed by atoms with Crippen molar-refractivity contribution < 1.29 is 4.79 Å². The molecule has 6 nitrogen and oxygen atoms in total. The van der Waals surface area contributed by atoms with Gasteiger partial charge in [-0.15, -0.1) is 11.3 Å². The number of halogens is 1. The number of piperidine rings is 1. The van der Waals surface area contributed by atoms with Crippen molar-refractivity contribution in [1.82, 2.24) is 15.0 Å². The van der Waals surface area contributed by atoms with Gasteiger partial charge in [0, 0.05) is 48.0 Å². The van der Waals surface area contributed by atoms with Gasteiger partial charge in [0.1, 0.15) is 5.82 Å². The van der Waals surface area contributed by atoms with Crippen LogP contribution >= 0.6 is 22.9 Å². The number of rotatable bonds is 5. The fraction of sp³-hybridized carbons (Fsp3) is 0.333. The molecule has 150 valence electrons. The molecule has 0 bridgehead atoms. The number of thiazole rings is 1. The molecule has 1 aromatic carbocycles. The van der Waals surface area contributed by atoms with Crippen molar-refractivity contribution in [2.75, 3.05) is 23.3 Å². The van der Waals surface area contributed by atoms with E-state index in [0.717, 1.165) is 52.7 Å². The number of nitrogens with zero attached hydrogens (tertiary/aromatic N) is 4. The van der Waals surface area contributed by atoms with Crippen LogP contribution in [0.25, 0.3) is 0 Å². The maximum atomic E-state index is 12.8. The predicted octanol–water partition coefficient (Wildman–Crippen LogP) is 4.34. The molecule has 0 radical (unpaired) electrons. The molecule has 0 unspecified atom stereocenters.